The van der Waals surface area contributed by atoms with Crippen LogP contribution < -0.4 is 9.47 Å². The maximum Gasteiger partial charge on any atom is 0.224 e. The molecule has 8 N–H and O–H groups in total. The molecule has 0 bridgehead atoms. The lowest BCUT2D eigenvalue weighted by atomic mass is 9.84. The molecule has 0 amide bonds. The lowest BCUT2D eigenvalue weighted by Gasteiger charge is -2.17. The van der Waals surface area contributed by atoms with Gasteiger partial charge in [0.2, 0.25) is 11.6 Å². The molecule has 0 saturated heterocycles. The van der Waals surface area contributed by atoms with Gasteiger partial charge in [-0.2, -0.15) is 0 Å². The molecule has 0 aromatic heterocycles. The van der Waals surface area contributed by atoms with E-state index in [1.54, 1.807) is 87.4 Å². The molecule has 0 aliphatic heterocycles. The number of methoxy groups -OCH3 is 4. The number of carbonyl (C=O) groups excluding carboxylic acids is 8. The van der Waals surface area contributed by atoms with Gasteiger partial charge < -0.3 is 59.8 Å². The number of Topliss-reactive ketones (excluding diaryl/α,β-unsaturated/α-hetero) is 5. The number of carbonyl (C=O) groups is 8. The minimum Gasteiger partial charge on any atom is -0.508 e. The number of ketones is 8. The molecular weight excluding hydrogens is 1690 g/mol. The van der Waals surface area contributed by atoms with Crippen molar-refractivity contribution >= 4 is 46.3 Å². The normalized spacial score (nSPS) is 14.8. The quantitative estimate of drug-likeness (QED) is 0.0149. The SMILES string of the molecule is CC/C(C)=C/CC1=C(C)C(=O)C(C)=C(C)C1=O.CC/C(C)=C/CC1=CC(=O)C(C)=C(C)C1=O.CC/C(C)=C/CC1=CC(=O)C(C)=C(OC)C1=O.CC/C(C)=C/CC1=CC(=O)C(OC)=C(C)C1=O.CC/C(C)=C/Cc1c(C)c(O)c(C)c(C)c1O.CC/C(C)=C/Cc1cc(O)c(C)c(C)c1O.CC/C(C)=C/Cc1cc(O)c(C)c(OC)c1O.CC/C(C)=C/Cc1cc(O)c(OC)c(C)c1O. The number of aromatic hydroxyl groups is 8. The molecule has 0 saturated carbocycles. The first-order valence-corrected chi connectivity index (χ1v) is 46.2. The maximum absolute atomic E-state index is 12.1. The van der Waals surface area contributed by atoms with E-state index < -0.39 is 0 Å². The highest BCUT2D eigenvalue weighted by Crippen LogP contribution is 2.42. The number of rotatable bonds is 28. The van der Waals surface area contributed by atoms with Crippen LogP contribution in [-0.4, -0.2) is 116 Å². The Morgan fingerprint density at radius 3 is 0.955 bits per heavy atom. The highest BCUT2D eigenvalue weighted by atomic mass is 16.5. The zero-order valence-corrected chi connectivity index (χ0v) is 86.9. The summed E-state index contributed by atoms with van der Waals surface area (Å²) in [7, 11) is 5.78. The Hall–Kier alpha value is -12.3. The van der Waals surface area contributed by atoms with Crippen molar-refractivity contribution < 1.29 is 98.2 Å². The van der Waals surface area contributed by atoms with Crippen LogP contribution in [0.4, 0.5) is 0 Å². The highest BCUT2D eigenvalue weighted by molar-refractivity contribution is 6.25. The molecule has 0 heterocycles. The molecule has 4 aliphatic rings. The molecule has 0 radical (unpaired) electrons. The van der Waals surface area contributed by atoms with E-state index in [0.717, 1.165) is 90.3 Å². The van der Waals surface area contributed by atoms with Gasteiger partial charge in [-0.25, -0.2) is 0 Å². The average molecular weight is 1850 g/mol. The fourth-order valence-electron chi connectivity index (χ4n) is 13.3. The zero-order chi connectivity index (χ0) is 103. The van der Waals surface area contributed by atoms with Crippen molar-refractivity contribution in [3.8, 4) is 57.5 Å². The van der Waals surface area contributed by atoms with Crippen molar-refractivity contribution in [2.45, 2.75) is 310 Å². The van der Waals surface area contributed by atoms with Crippen LogP contribution in [0, 0.1) is 48.5 Å². The topological polar surface area (TPSA) is 335 Å². The maximum atomic E-state index is 12.1. The number of hydrogen-bond donors (Lipinski definition) is 8. The summed E-state index contributed by atoms with van der Waals surface area (Å²) in [4.78, 5) is 94.7. The Bertz CT molecular complexity index is 5490. The monoisotopic (exact) mass is 1850 g/mol. The third-order valence-electron chi connectivity index (χ3n) is 25.2. The van der Waals surface area contributed by atoms with Crippen LogP contribution in [0.3, 0.4) is 0 Å². The molecule has 0 fully saturated rings. The van der Waals surface area contributed by atoms with Gasteiger partial charge >= 0.3 is 0 Å². The van der Waals surface area contributed by atoms with Crippen molar-refractivity contribution in [3.05, 3.63) is 264 Å². The smallest absolute Gasteiger partial charge is 0.224 e. The largest absolute Gasteiger partial charge is 0.508 e. The summed E-state index contributed by atoms with van der Waals surface area (Å²) in [6.45, 7) is 57.4. The van der Waals surface area contributed by atoms with E-state index in [1.807, 2.05) is 99.6 Å². The predicted molar refractivity (Wildman–Crippen MR) is 544 cm³/mol. The van der Waals surface area contributed by atoms with Crippen LogP contribution in [0.25, 0.3) is 0 Å². The van der Waals surface area contributed by atoms with Gasteiger partial charge in [-0.3, -0.25) is 38.4 Å². The number of allylic oxidation sites excluding steroid dienone is 30. The Morgan fingerprint density at radius 2 is 0.560 bits per heavy atom. The van der Waals surface area contributed by atoms with Crippen LogP contribution in [0.2, 0.25) is 0 Å². The second kappa shape index (κ2) is 58.6. The van der Waals surface area contributed by atoms with E-state index in [1.165, 1.54) is 91.3 Å². The van der Waals surface area contributed by atoms with E-state index in [0.29, 0.717) is 164 Å². The summed E-state index contributed by atoms with van der Waals surface area (Å²) in [6, 6.07) is 4.80. The second-order valence-corrected chi connectivity index (χ2v) is 34.4. The van der Waals surface area contributed by atoms with Crippen molar-refractivity contribution in [2.24, 2.45) is 0 Å². The average Bonchev–Trinajstić information content (AvgIpc) is 0.790. The molecule has 0 spiro atoms. The third kappa shape index (κ3) is 34.9. The van der Waals surface area contributed by atoms with Gasteiger partial charge in [0.25, 0.3) is 0 Å². The van der Waals surface area contributed by atoms with E-state index in [-0.39, 0.29) is 86.5 Å². The molecule has 8 rings (SSSR count). The molecule has 4 aliphatic carbocycles. The van der Waals surface area contributed by atoms with Gasteiger partial charge in [0.15, 0.2) is 69.2 Å². The Balaban J connectivity index is 0.000000766. The summed E-state index contributed by atoms with van der Waals surface area (Å²) in [5.41, 5.74) is 24.0. The van der Waals surface area contributed by atoms with E-state index >= 15 is 0 Å². The second-order valence-electron chi connectivity index (χ2n) is 34.4. The van der Waals surface area contributed by atoms with Crippen LogP contribution >= 0.6 is 0 Å². The molecule has 0 atom stereocenters. The van der Waals surface area contributed by atoms with Gasteiger partial charge in [-0.15, -0.1) is 0 Å². The number of phenols is 8. The van der Waals surface area contributed by atoms with Gasteiger partial charge in [-0.1, -0.05) is 149 Å². The van der Waals surface area contributed by atoms with E-state index in [4.69, 9.17) is 18.9 Å². The number of ether oxygens (including phenoxy) is 4. The third-order valence-corrected chi connectivity index (χ3v) is 25.2. The summed E-state index contributed by atoms with van der Waals surface area (Å²) in [5.74, 6) is 2.12. The molecular formula is C114H156O20. The van der Waals surface area contributed by atoms with E-state index in [9.17, 15) is 79.2 Å². The van der Waals surface area contributed by atoms with Gasteiger partial charge in [-0.05, 0) is 319 Å². The predicted octanol–water partition coefficient (Wildman–Crippen LogP) is 26.3. The highest BCUT2D eigenvalue weighted by Gasteiger charge is 2.30. The Labute approximate surface area is 800 Å². The summed E-state index contributed by atoms with van der Waals surface area (Å²) < 4.78 is 20.1. The lowest BCUT2D eigenvalue weighted by Crippen LogP contribution is -2.20. The molecule has 20 nitrogen and oxygen atoms in total. The standard InChI is InChI=1S/C15H22O2.C15H20O2.C14H20O3.C14H18O3.C14H20O3.C14H18O3.C14H20O2.C14H18O2/c2*1-6-9(2)7-8-13-12(5)14(16)10(3)11(4)15(13)17;2*1-5-9(2)6-7-11-8-12(15)14(17-4)10(3)13(11)16;2*1-5-9(2)6-7-11-8-12(15)10(3)14(17-4)13(11)16;2*1-5-9(2)6-7-12-8-13(15)10(3)11(4)14(12)16/h7,16-17H,6,8H2,1-5H3;7H,6,8H2,1-5H3;6,8,15-16H,5,7H2,1-4H3;6,8H,5,7H2,1-4H3;6,8,15-16H,5,7H2,1-4H3;6,8H,5,7H2,1-4H3;6,8,15-16H,5,7H2,1-4H3;6,8H,5,7H2,1-4H3/b2*9-7+;6*9-6+. The first-order chi connectivity index (χ1) is 62.8. The molecule has 0 unspecified atom stereocenters. The van der Waals surface area contributed by atoms with E-state index in [2.05, 4.69) is 87.5 Å². The fourth-order valence-corrected chi connectivity index (χ4v) is 13.3. The molecule has 4 aromatic carbocycles. The first-order valence-electron chi connectivity index (χ1n) is 46.2. The zero-order valence-electron chi connectivity index (χ0n) is 86.9. The minimum atomic E-state index is -0.220. The molecule has 732 valence electrons. The van der Waals surface area contributed by atoms with Crippen LogP contribution in [-0.2, 0) is 73.5 Å². The van der Waals surface area contributed by atoms with Crippen LogP contribution in [0.5, 0.6) is 57.5 Å². The molecule has 134 heavy (non-hydrogen) atoms. The number of hydrogen-bond acceptors (Lipinski definition) is 20. The van der Waals surface area contributed by atoms with Gasteiger partial charge in [0, 0.05) is 94.7 Å². The Kier molecular flexibility index (Phi) is 52.4. The molecule has 4 aromatic rings. The molecule has 20 heteroatoms. The summed E-state index contributed by atoms with van der Waals surface area (Å²) >= 11 is 0. The van der Waals surface area contributed by atoms with Crippen LogP contribution in [0.15, 0.2) is 202 Å². The lowest BCUT2D eigenvalue weighted by molar-refractivity contribution is -0.118. The number of phenolic OH excluding ortho intramolecular Hbond substituents is 8. The van der Waals surface area contributed by atoms with Gasteiger partial charge in [0.05, 0.1) is 28.4 Å². The Morgan fingerprint density at radius 1 is 0.254 bits per heavy atom. The van der Waals surface area contributed by atoms with Crippen molar-refractivity contribution in [3.63, 3.8) is 0 Å². The van der Waals surface area contributed by atoms with Crippen molar-refractivity contribution in [1.29, 1.82) is 0 Å². The van der Waals surface area contributed by atoms with Crippen molar-refractivity contribution in [1.82, 2.24) is 0 Å². The fraction of sp³-hybridized carbons (Fsp3) is 0.439. The summed E-state index contributed by atoms with van der Waals surface area (Å²) in [6.07, 6.45) is 33.1. The minimum absolute atomic E-state index is 0.0113. The van der Waals surface area contributed by atoms with Gasteiger partial charge in [0.1, 0.15) is 34.5 Å². The summed E-state index contributed by atoms with van der Waals surface area (Å²) in [5, 5.41) is 79.3. The number of benzene rings is 4. The van der Waals surface area contributed by atoms with Crippen LogP contribution in [0.1, 0.15) is 297 Å². The first kappa shape index (κ1) is 120. The van der Waals surface area contributed by atoms with Crippen molar-refractivity contribution in [2.75, 3.05) is 28.4 Å².